The number of rotatable bonds is 6. The van der Waals surface area contributed by atoms with Gasteiger partial charge in [0.2, 0.25) is 0 Å². The highest BCUT2D eigenvalue weighted by Crippen LogP contribution is 2.20. The Kier molecular flexibility index (Phi) is 5.25. The first-order chi connectivity index (χ1) is 11.7. The van der Waals surface area contributed by atoms with Gasteiger partial charge in [-0.3, -0.25) is 4.79 Å². The van der Waals surface area contributed by atoms with Gasteiger partial charge in [0.15, 0.2) is 6.10 Å². The molecule has 0 aliphatic carbocycles. The van der Waals surface area contributed by atoms with E-state index in [0.29, 0.717) is 19.5 Å². The Morgan fingerprint density at radius 3 is 3.00 bits per heavy atom. The molecule has 24 heavy (non-hydrogen) atoms. The highest BCUT2D eigenvalue weighted by Gasteiger charge is 2.27. The fraction of sp³-hybridized carbons (Fsp3) is 0.333. The lowest BCUT2D eigenvalue weighted by atomic mass is 10.0. The van der Waals surface area contributed by atoms with Crippen molar-refractivity contribution in [2.75, 3.05) is 13.1 Å². The molecule has 6 heteroatoms. The summed E-state index contributed by atoms with van der Waals surface area (Å²) in [5.41, 5.74) is 1.45. The molecule has 1 aromatic carbocycles. The van der Waals surface area contributed by atoms with Crippen LogP contribution in [0.4, 0.5) is 4.39 Å². The van der Waals surface area contributed by atoms with Crippen LogP contribution >= 0.6 is 11.3 Å². The molecule has 0 fully saturated rings. The molecular formula is C18H19FN2O2S. The average Bonchev–Trinajstić information content (AvgIpc) is 3.26. The summed E-state index contributed by atoms with van der Waals surface area (Å²) in [6.07, 6.45) is 1.25. The van der Waals surface area contributed by atoms with Gasteiger partial charge < -0.3 is 9.74 Å². The minimum Gasteiger partial charge on any atom is -0.390 e. The van der Waals surface area contributed by atoms with Crippen molar-refractivity contribution in [3.05, 3.63) is 58.0 Å². The van der Waals surface area contributed by atoms with Crippen LogP contribution in [0.25, 0.3) is 0 Å². The van der Waals surface area contributed by atoms with Crippen molar-refractivity contribution in [1.82, 2.24) is 4.90 Å². The van der Waals surface area contributed by atoms with Crippen LogP contribution in [-0.4, -0.2) is 35.7 Å². The smallest absolute Gasteiger partial charge is 0.264 e. The number of nitrogens with zero attached hydrogens (tertiary/aromatic N) is 2. The SMILES string of the molecule is CCCN(CC1CC(c2cccc(F)c2)=NO1)C(=O)c1cccs1. The minimum absolute atomic E-state index is 0.0228. The molecule has 1 amide bonds. The first-order valence-corrected chi connectivity index (χ1v) is 8.86. The van der Waals surface area contributed by atoms with Crippen LogP contribution in [0.5, 0.6) is 0 Å². The highest BCUT2D eigenvalue weighted by atomic mass is 32.1. The molecule has 0 bridgehead atoms. The number of carbonyl (C=O) groups is 1. The van der Waals surface area contributed by atoms with Gasteiger partial charge in [-0.25, -0.2) is 4.39 Å². The number of hydrogen-bond donors (Lipinski definition) is 0. The highest BCUT2D eigenvalue weighted by molar-refractivity contribution is 7.12. The second-order valence-corrected chi connectivity index (χ2v) is 6.66. The minimum atomic E-state index is -0.292. The van der Waals surface area contributed by atoms with Gasteiger partial charge in [0, 0.05) is 18.5 Å². The Labute approximate surface area is 144 Å². The lowest BCUT2D eigenvalue weighted by molar-refractivity contribution is 0.0426. The number of amides is 1. The lowest BCUT2D eigenvalue weighted by Gasteiger charge is -2.23. The first kappa shape index (κ1) is 16.6. The van der Waals surface area contributed by atoms with E-state index in [1.807, 2.05) is 30.5 Å². The topological polar surface area (TPSA) is 41.9 Å². The van der Waals surface area contributed by atoms with E-state index < -0.39 is 0 Å². The van der Waals surface area contributed by atoms with Gasteiger partial charge in [-0.2, -0.15) is 0 Å². The van der Waals surface area contributed by atoms with Crippen LogP contribution in [0.3, 0.4) is 0 Å². The Morgan fingerprint density at radius 1 is 1.42 bits per heavy atom. The van der Waals surface area contributed by atoms with Crippen LogP contribution in [0.1, 0.15) is 35.0 Å². The third-order valence-corrected chi connectivity index (χ3v) is 4.69. The molecule has 1 aromatic heterocycles. The second kappa shape index (κ2) is 7.57. The predicted octanol–water partition coefficient (Wildman–Crippen LogP) is 3.93. The number of thiophene rings is 1. The van der Waals surface area contributed by atoms with Gasteiger partial charge >= 0.3 is 0 Å². The number of oxime groups is 1. The zero-order valence-corrected chi connectivity index (χ0v) is 14.3. The van der Waals surface area contributed by atoms with Crippen LogP contribution in [-0.2, 0) is 4.84 Å². The molecular weight excluding hydrogens is 327 g/mol. The Balaban J connectivity index is 1.64. The lowest BCUT2D eigenvalue weighted by Crippen LogP contribution is -2.38. The molecule has 126 valence electrons. The van der Waals surface area contributed by atoms with Gasteiger partial charge in [0.05, 0.1) is 17.1 Å². The van der Waals surface area contributed by atoms with Crippen molar-refractivity contribution in [3.8, 4) is 0 Å². The molecule has 0 spiro atoms. The molecule has 0 N–H and O–H groups in total. The summed E-state index contributed by atoms with van der Waals surface area (Å²) in [5.74, 6) is -0.270. The average molecular weight is 346 g/mol. The summed E-state index contributed by atoms with van der Waals surface area (Å²) < 4.78 is 13.3. The van der Waals surface area contributed by atoms with Gasteiger partial charge in [0.1, 0.15) is 5.82 Å². The van der Waals surface area contributed by atoms with E-state index in [0.717, 1.165) is 22.6 Å². The van der Waals surface area contributed by atoms with Crippen molar-refractivity contribution in [2.24, 2.45) is 5.16 Å². The van der Waals surface area contributed by atoms with E-state index in [-0.39, 0.29) is 17.8 Å². The summed E-state index contributed by atoms with van der Waals surface area (Å²) in [4.78, 5) is 20.6. The van der Waals surface area contributed by atoms with Crippen LogP contribution in [0.2, 0.25) is 0 Å². The van der Waals surface area contributed by atoms with Gasteiger partial charge in [-0.1, -0.05) is 30.3 Å². The Bertz CT molecular complexity index is 730. The third-order valence-electron chi connectivity index (χ3n) is 3.83. The summed E-state index contributed by atoms with van der Waals surface area (Å²) in [7, 11) is 0. The zero-order valence-electron chi connectivity index (χ0n) is 13.4. The quantitative estimate of drug-likeness (QED) is 0.795. The van der Waals surface area contributed by atoms with Gasteiger partial charge in [-0.15, -0.1) is 11.3 Å². The maximum absolute atomic E-state index is 13.3. The molecule has 4 nitrogen and oxygen atoms in total. The van der Waals surface area contributed by atoms with E-state index in [1.165, 1.54) is 23.5 Å². The summed E-state index contributed by atoms with van der Waals surface area (Å²) in [6.45, 7) is 3.19. The fourth-order valence-corrected chi connectivity index (χ4v) is 3.40. The molecule has 2 heterocycles. The molecule has 1 atom stereocenters. The summed E-state index contributed by atoms with van der Waals surface area (Å²) in [5, 5.41) is 5.98. The Hall–Kier alpha value is -2.21. The van der Waals surface area contributed by atoms with E-state index >= 15 is 0 Å². The molecule has 3 rings (SSSR count). The molecule has 2 aromatic rings. The van der Waals surface area contributed by atoms with Gasteiger partial charge in [0.25, 0.3) is 5.91 Å². The van der Waals surface area contributed by atoms with Crippen LogP contribution in [0, 0.1) is 5.82 Å². The number of hydrogen-bond acceptors (Lipinski definition) is 4. The van der Waals surface area contributed by atoms with E-state index in [4.69, 9.17) is 4.84 Å². The number of benzene rings is 1. The monoisotopic (exact) mass is 346 g/mol. The predicted molar refractivity (Wildman–Crippen MR) is 92.9 cm³/mol. The molecule has 1 unspecified atom stereocenters. The van der Waals surface area contributed by atoms with E-state index in [2.05, 4.69) is 5.16 Å². The number of carbonyl (C=O) groups excluding carboxylic acids is 1. The molecule has 0 saturated heterocycles. The van der Waals surface area contributed by atoms with Crippen molar-refractivity contribution in [3.63, 3.8) is 0 Å². The van der Waals surface area contributed by atoms with Crippen molar-refractivity contribution >= 4 is 23.0 Å². The van der Waals surface area contributed by atoms with Crippen molar-refractivity contribution < 1.29 is 14.0 Å². The molecule has 1 aliphatic rings. The molecule has 1 aliphatic heterocycles. The second-order valence-electron chi connectivity index (χ2n) is 5.71. The number of halogens is 1. The van der Waals surface area contributed by atoms with Crippen LogP contribution in [0.15, 0.2) is 46.9 Å². The van der Waals surface area contributed by atoms with Crippen molar-refractivity contribution in [2.45, 2.75) is 25.9 Å². The van der Waals surface area contributed by atoms with E-state index in [9.17, 15) is 9.18 Å². The largest absolute Gasteiger partial charge is 0.390 e. The fourth-order valence-electron chi connectivity index (χ4n) is 2.71. The third kappa shape index (κ3) is 3.82. The van der Waals surface area contributed by atoms with E-state index in [1.54, 1.807) is 11.0 Å². The normalized spacial score (nSPS) is 16.6. The standard InChI is InChI=1S/C18H19FN2O2S/c1-2-8-21(18(22)17-7-4-9-24-17)12-15-11-16(20-23-15)13-5-3-6-14(19)10-13/h3-7,9-10,15H,2,8,11-12H2,1H3. The summed E-state index contributed by atoms with van der Waals surface area (Å²) >= 11 is 1.44. The van der Waals surface area contributed by atoms with Crippen molar-refractivity contribution in [1.29, 1.82) is 0 Å². The van der Waals surface area contributed by atoms with Crippen LogP contribution < -0.4 is 0 Å². The maximum Gasteiger partial charge on any atom is 0.264 e. The first-order valence-electron chi connectivity index (χ1n) is 7.98. The van der Waals surface area contributed by atoms with Gasteiger partial charge in [-0.05, 0) is 30.0 Å². The molecule has 0 saturated carbocycles. The summed E-state index contributed by atoms with van der Waals surface area (Å²) in [6, 6.07) is 10.0. The Morgan fingerprint density at radius 2 is 2.29 bits per heavy atom. The molecule has 0 radical (unpaired) electrons. The zero-order chi connectivity index (χ0) is 16.9. The maximum atomic E-state index is 13.3.